The third kappa shape index (κ3) is 4.54. The Bertz CT molecular complexity index is 590. The summed E-state index contributed by atoms with van der Waals surface area (Å²) in [6.07, 6.45) is 1.88. The number of carbonyl (C=O) groups is 3. The predicted molar refractivity (Wildman–Crippen MR) is 100 cm³/mol. The summed E-state index contributed by atoms with van der Waals surface area (Å²) in [5.41, 5.74) is -0.391. The minimum atomic E-state index is -0.391. The molecule has 1 N–H and O–H groups in total. The van der Waals surface area contributed by atoms with Crippen LogP contribution in [0.25, 0.3) is 0 Å². The Kier molecular flexibility index (Phi) is 5.93. The van der Waals surface area contributed by atoms with Crippen LogP contribution in [0.2, 0.25) is 0 Å². The fraction of sp³-hybridized carbons (Fsp3) is 0.842. The lowest BCUT2D eigenvalue weighted by Crippen LogP contribution is -2.49. The van der Waals surface area contributed by atoms with Crippen LogP contribution in [0, 0.1) is 11.3 Å². The molecule has 0 aromatic rings. The lowest BCUT2D eigenvalue weighted by Gasteiger charge is -2.35. The highest BCUT2D eigenvalue weighted by Crippen LogP contribution is 2.35. The Morgan fingerprint density at radius 3 is 2.33 bits per heavy atom. The number of urea groups is 1. The van der Waals surface area contributed by atoms with Gasteiger partial charge in [-0.1, -0.05) is 0 Å². The predicted octanol–water partition coefficient (Wildman–Crippen LogP) is 0.524. The van der Waals surface area contributed by atoms with Crippen LogP contribution in [0.1, 0.15) is 33.1 Å². The van der Waals surface area contributed by atoms with Crippen molar-refractivity contribution in [3.8, 4) is 0 Å². The molecule has 3 fully saturated rings. The van der Waals surface area contributed by atoms with E-state index in [2.05, 4.69) is 5.32 Å². The van der Waals surface area contributed by atoms with Gasteiger partial charge in [0.25, 0.3) is 0 Å². The molecule has 3 heterocycles. The van der Waals surface area contributed by atoms with Crippen LogP contribution in [0.3, 0.4) is 0 Å². The Labute approximate surface area is 161 Å². The molecule has 3 aliphatic rings. The maximum Gasteiger partial charge on any atom is 0.317 e. The average molecular weight is 380 g/mol. The van der Waals surface area contributed by atoms with Gasteiger partial charge in [0.15, 0.2) is 0 Å². The number of ether oxygens (including phenoxy) is 1. The quantitative estimate of drug-likeness (QED) is 0.757. The van der Waals surface area contributed by atoms with Crippen LogP contribution >= 0.6 is 0 Å². The van der Waals surface area contributed by atoms with Crippen molar-refractivity contribution in [3.05, 3.63) is 0 Å². The van der Waals surface area contributed by atoms with E-state index in [-0.39, 0.29) is 29.8 Å². The third-order valence-corrected chi connectivity index (χ3v) is 5.80. The number of nitrogens with one attached hydrogen (secondary N) is 1. The molecule has 0 aromatic carbocycles. The Hall–Kier alpha value is -1.83. The van der Waals surface area contributed by atoms with Crippen LogP contribution in [0.4, 0.5) is 4.79 Å². The maximum absolute atomic E-state index is 13.1. The zero-order valence-electron chi connectivity index (χ0n) is 16.7. The summed E-state index contributed by atoms with van der Waals surface area (Å²) < 4.78 is 5.39. The van der Waals surface area contributed by atoms with Crippen molar-refractivity contribution < 1.29 is 19.1 Å². The highest BCUT2D eigenvalue weighted by Gasteiger charge is 2.47. The summed E-state index contributed by atoms with van der Waals surface area (Å²) in [6.45, 7) is 7.73. The zero-order chi connectivity index (χ0) is 19.6. The van der Waals surface area contributed by atoms with Crippen LogP contribution in [0.15, 0.2) is 0 Å². The second-order valence-corrected chi connectivity index (χ2v) is 8.60. The first kappa shape index (κ1) is 19.9. The monoisotopic (exact) mass is 380 g/mol. The van der Waals surface area contributed by atoms with Crippen LogP contribution in [-0.2, 0) is 14.3 Å². The van der Waals surface area contributed by atoms with Crippen molar-refractivity contribution >= 4 is 17.8 Å². The maximum atomic E-state index is 13.1. The minimum absolute atomic E-state index is 0.0123. The molecule has 27 heavy (non-hydrogen) atoms. The number of hydrogen-bond donors (Lipinski definition) is 1. The van der Waals surface area contributed by atoms with Gasteiger partial charge in [0, 0.05) is 76.8 Å². The Morgan fingerprint density at radius 2 is 1.74 bits per heavy atom. The van der Waals surface area contributed by atoms with Crippen LogP contribution < -0.4 is 5.32 Å². The van der Waals surface area contributed by atoms with Gasteiger partial charge in [0.05, 0.1) is 0 Å². The van der Waals surface area contributed by atoms with Gasteiger partial charge < -0.3 is 24.8 Å². The molecule has 1 atom stereocenters. The number of likely N-dealkylation sites (tertiary alicyclic amines) is 1. The number of nitrogens with zero attached hydrogens (tertiary/aromatic N) is 3. The first-order valence-corrected chi connectivity index (χ1v) is 9.96. The van der Waals surface area contributed by atoms with E-state index in [1.807, 2.05) is 18.7 Å². The molecule has 8 nitrogen and oxygen atoms in total. The smallest absolute Gasteiger partial charge is 0.317 e. The van der Waals surface area contributed by atoms with E-state index in [9.17, 15) is 14.4 Å². The molecule has 3 rings (SSSR count). The van der Waals surface area contributed by atoms with Gasteiger partial charge in [-0.3, -0.25) is 9.59 Å². The molecule has 152 valence electrons. The fourth-order valence-corrected chi connectivity index (χ4v) is 4.48. The highest BCUT2D eigenvalue weighted by molar-refractivity contribution is 5.82. The number of amides is 4. The van der Waals surface area contributed by atoms with Gasteiger partial charge in [-0.2, -0.15) is 0 Å². The molecule has 0 radical (unpaired) electrons. The van der Waals surface area contributed by atoms with E-state index in [0.29, 0.717) is 52.4 Å². The van der Waals surface area contributed by atoms with E-state index in [4.69, 9.17) is 4.74 Å². The summed E-state index contributed by atoms with van der Waals surface area (Å²) in [6, 6.07) is -0.0729. The summed E-state index contributed by atoms with van der Waals surface area (Å²) in [7, 11) is 1.80. The average Bonchev–Trinajstić information content (AvgIpc) is 2.79. The molecular formula is C19H32N4O4. The van der Waals surface area contributed by atoms with Gasteiger partial charge in [0.2, 0.25) is 11.8 Å². The van der Waals surface area contributed by atoms with E-state index in [1.54, 1.807) is 16.8 Å². The van der Waals surface area contributed by atoms with E-state index in [0.717, 1.165) is 12.8 Å². The Balaban J connectivity index is 1.78. The van der Waals surface area contributed by atoms with E-state index >= 15 is 0 Å². The van der Waals surface area contributed by atoms with Crippen molar-refractivity contribution in [1.82, 2.24) is 20.0 Å². The SMILES string of the molecule is CC(C)NC(=O)N1CCN(C(=O)C2CCOCC2)C[C@]2(CC(=O)N(C)C2)C1. The normalized spacial score (nSPS) is 27.4. The van der Waals surface area contributed by atoms with Crippen molar-refractivity contribution in [2.24, 2.45) is 11.3 Å². The molecule has 0 bridgehead atoms. The third-order valence-electron chi connectivity index (χ3n) is 5.80. The molecule has 1 spiro atoms. The van der Waals surface area contributed by atoms with E-state index < -0.39 is 5.41 Å². The zero-order valence-corrected chi connectivity index (χ0v) is 16.7. The number of carbonyl (C=O) groups excluding carboxylic acids is 3. The summed E-state index contributed by atoms with van der Waals surface area (Å²) in [5, 5.41) is 2.94. The molecule has 4 amide bonds. The van der Waals surface area contributed by atoms with Crippen molar-refractivity contribution in [3.63, 3.8) is 0 Å². The molecule has 0 aromatic heterocycles. The molecular weight excluding hydrogens is 348 g/mol. The fourth-order valence-electron chi connectivity index (χ4n) is 4.48. The van der Waals surface area contributed by atoms with Crippen LogP contribution in [0.5, 0.6) is 0 Å². The topological polar surface area (TPSA) is 82.2 Å². The lowest BCUT2D eigenvalue weighted by atomic mass is 9.85. The molecule has 8 heteroatoms. The standard InChI is InChI=1S/C19H32N4O4/c1-14(2)20-18(26)23-7-6-22(17(25)15-4-8-27-9-5-15)12-19(13-23)10-16(24)21(3)11-19/h14-15H,4-13H2,1-3H3,(H,20,26)/t19-/m1/s1. The lowest BCUT2D eigenvalue weighted by molar-refractivity contribution is -0.139. The second kappa shape index (κ2) is 8.04. The molecule has 0 unspecified atom stereocenters. The first-order chi connectivity index (χ1) is 12.8. The van der Waals surface area contributed by atoms with Crippen LogP contribution in [-0.4, -0.2) is 91.6 Å². The highest BCUT2D eigenvalue weighted by atomic mass is 16.5. The summed E-state index contributed by atoms with van der Waals surface area (Å²) >= 11 is 0. The molecule has 0 aliphatic carbocycles. The Morgan fingerprint density at radius 1 is 1.11 bits per heavy atom. The minimum Gasteiger partial charge on any atom is -0.381 e. The second-order valence-electron chi connectivity index (χ2n) is 8.60. The number of hydrogen-bond acceptors (Lipinski definition) is 4. The van der Waals surface area contributed by atoms with Gasteiger partial charge in [0.1, 0.15) is 0 Å². The van der Waals surface area contributed by atoms with Crippen molar-refractivity contribution in [2.75, 3.05) is 53.0 Å². The first-order valence-electron chi connectivity index (χ1n) is 9.96. The largest absolute Gasteiger partial charge is 0.381 e. The molecule has 3 aliphatic heterocycles. The van der Waals surface area contributed by atoms with E-state index in [1.165, 1.54) is 0 Å². The van der Waals surface area contributed by atoms with Crippen molar-refractivity contribution in [1.29, 1.82) is 0 Å². The van der Waals surface area contributed by atoms with Gasteiger partial charge in [-0.05, 0) is 26.7 Å². The number of rotatable bonds is 2. The van der Waals surface area contributed by atoms with Gasteiger partial charge in [-0.25, -0.2) is 4.79 Å². The van der Waals surface area contributed by atoms with Gasteiger partial charge >= 0.3 is 6.03 Å². The van der Waals surface area contributed by atoms with Gasteiger partial charge in [-0.15, -0.1) is 0 Å². The molecule has 3 saturated heterocycles. The molecule has 0 saturated carbocycles. The summed E-state index contributed by atoms with van der Waals surface area (Å²) in [5.74, 6) is 0.215. The van der Waals surface area contributed by atoms with Crippen molar-refractivity contribution in [2.45, 2.75) is 39.2 Å². The summed E-state index contributed by atoms with van der Waals surface area (Å²) in [4.78, 5) is 43.4.